The first kappa shape index (κ1) is 13.8. The van der Waals surface area contributed by atoms with Crippen molar-refractivity contribution in [1.29, 1.82) is 0 Å². The average Bonchev–Trinajstić information content (AvgIpc) is 2.30. The minimum atomic E-state index is -4.96. The number of alkyl halides is 3. The number of hydrogen-bond acceptors (Lipinski definition) is 3. The van der Waals surface area contributed by atoms with Crippen LogP contribution in [-0.4, -0.2) is 34.5 Å². The third kappa shape index (κ3) is 2.87. The second kappa shape index (κ2) is 4.82. The van der Waals surface area contributed by atoms with Crippen LogP contribution >= 0.6 is 0 Å². The fourth-order valence-corrected chi connectivity index (χ4v) is 2.08. The first-order valence-electron chi connectivity index (χ1n) is 5.64. The number of hydrogen-bond donors (Lipinski definition) is 3. The molecule has 7 heteroatoms. The number of nitrogens with one attached hydrogen (secondary N) is 1. The molecular formula is C12H12F3NO3. The molecular weight excluding hydrogens is 263 g/mol. The maximum Gasteiger partial charge on any atom is 0.471 e. The fourth-order valence-electron chi connectivity index (χ4n) is 2.08. The lowest BCUT2D eigenvalue weighted by Gasteiger charge is -2.27. The van der Waals surface area contributed by atoms with Gasteiger partial charge in [0.15, 0.2) is 0 Å². The summed E-state index contributed by atoms with van der Waals surface area (Å²) in [7, 11) is 0. The third-order valence-electron chi connectivity index (χ3n) is 3.07. The van der Waals surface area contributed by atoms with Crippen molar-refractivity contribution in [3.05, 3.63) is 29.3 Å². The average molecular weight is 275 g/mol. The Morgan fingerprint density at radius 1 is 1.21 bits per heavy atom. The van der Waals surface area contributed by atoms with Crippen LogP contribution in [0.25, 0.3) is 0 Å². The fraction of sp³-hybridized carbons (Fsp3) is 0.417. The molecule has 3 N–H and O–H groups in total. The molecule has 2 rings (SSSR count). The molecule has 0 spiro atoms. The van der Waals surface area contributed by atoms with E-state index in [1.807, 2.05) is 0 Å². The molecule has 2 atom stereocenters. The van der Waals surface area contributed by atoms with Gasteiger partial charge in [0.25, 0.3) is 0 Å². The lowest BCUT2D eigenvalue weighted by Crippen LogP contribution is -2.36. The number of benzene rings is 1. The van der Waals surface area contributed by atoms with E-state index in [-0.39, 0.29) is 18.5 Å². The summed E-state index contributed by atoms with van der Waals surface area (Å²) in [5, 5.41) is 20.9. The molecule has 0 aromatic heterocycles. The molecule has 4 nitrogen and oxygen atoms in total. The highest BCUT2D eigenvalue weighted by atomic mass is 19.4. The van der Waals surface area contributed by atoms with E-state index in [0.29, 0.717) is 11.1 Å². The Balaban J connectivity index is 2.29. The predicted molar refractivity (Wildman–Crippen MR) is 60.5 cm³/mol. The van der Waals surface area contributed by atoms with Gasteiger partial charge in [0.1, 0.15) is 0 Å². The Labute approximate surface area is 106 Å². The van der Waals surface area contributed by atoms with Gasteiger partial charge in [-0.15, -0.1) is 0 Å². The molecule has 0 bridgehead atoms. The zero-order chi connectivity index (χ0) is 14.2. The molecule has 0 heterocycles. The molecule has 0 saturated carbocycles. The van der Waals surface area contributed by atoms with Crippen molar-refractivity contribution in [2.24, 2.45) is 0 Å². The zero-order valence-corrected chi connectivity index (χ0v) is 9.74. The van der Waals surface area contributed by atoms with Crippen molar-refractivity contribution in [3.63, 3.8) is 0 Å². The molecule has 0 unspecified atom stereocenters. The quantitative estimate of drug-likeness (QED) is 0.716. The molecule has 1 aromatic rings. The van der Waals surface area contributed by atoms with Crippen LogP contribution in [0.1, 0.15) is 11.1 Å². The molecule has 1 amide bonds. The topological polar surface area (TPSA) is 69.6 Å². The molecule has 1 aliphatic rings. The van der Waals surface area contributed by atoms with Gasteiger partial charge in [-0.3, -0.25) is 4.79 Å². The minimum Gasteiger partial charge on any atom is -0.390 e. The molecule has 104 valence electrons. The molecule has 1 aliphatic carbocycles. The van der Waals surface area contributed by atoms with Crippen LogP contribution in [0.2, 0.25) is 0 Å². The number of anilines is 1. The number of halogens is 3. The van der Waals surface area contributed by atoms with E-state index in [4.69, 9.17) is 0 Å². The Bertz CT molecular complexity index is 501. The minimum absolute atomic E-state index is 0.00477. The maximum atomic E-state index is 12.2. The summed E-state index contributed by atoms with van der Waals surface area (Å²) in [6.45, 7) is 0. The highest BCUT2D eigenvalue weighted by Crippen LogP contribution is 2.29. The monoisotopic (exact) mass is 275 g/mol. The van der Waals surface area contributed by atoms with Gasteiger partial charge in [-0.05, 0) is 17.2 Å². The highest BCUT2D eigenvalue weighted by molar-refractivity contribution is 5.95. The Kier molecular flexibility index (Phi) is 3.51. The summed E-state index contributed by atoms with van der Waals surface area (Å²) in [6.07, 6.45) is -6.80. The van der Waals surface area contributed by atoms with Crippen LogP contribution in [-0.2, 0) is 17.6 Å². The van der Waals surface area contributed by atoms with Gasteiger partial charge in [0.05, 0.1) is 12.2 Å². The number of aliphatic hydroxyl groups is 2. The smallest absolute Gasteiger partial charge is 0.390 e. The standard InChI is InChI=1S/C12H12F3NO3/c13-12(14,15)11(19)16-8-3-1-2-6-4-9(17)10(18)5-7(6)8/h1-3,9-10,17-18H,4-5H2,(H,16,19)/t9-,10-/m1/s1. The van der Waals surface area contributed by atoms with Crippen molar-refractivity contribution in [2.75, 3.05) is 5.32 Å². The van der Waals surface area contributed by atoms with Crippen molar-refractivity contribution in [1.82, 2.24) is 0 Å². The summed E-state index contributed by atoms with van der Waals surface area (Å²) < 4.78 is 36.6. The summed E-state index contributed by atoms with van der Waals surface area (Å²) >= 11 is 0. The van der Waals surface area contributed by atoms with Crippen LogP contribution in [0.15, 0.2) is 18.2 Å². The van der Waals surface area contributed by atoms with Crippen LogP contribution < -0.4 is 5.32 Å². The van der Waals surface area contributed by atoms with E-state index in [2.05, 4.69) is 0 Å². The summed E-state index contributed by atoms with van der Waals surface area (Å²) in [6, 6.07) is 4.48. The second-order valence-electron chi connectivity index (χ2n) is 4.44. The Morgan fingerprint density at radius 2 is 1.84 bits per heavy atom. The van der Waals surface area contributed by atoms with Gasteiger partial charge in [0, 0.05) is 18.5 Å². The number of fused-ring (bicyclic) bond motifs is 1. The van der Waals surface area contributed by atoms with Crippen molar-refractivity contribution >= 4 is 11.6 Å². The number of carbonyl (C=O) groups excluding carboxylic acids is 1. The molecule has 0 radical (unpaired) electrons. The Hall–Kier alpha value is -1.60. The van der Waals surface area contributed by atoms with Crippen LogP contribution in [0, 0.1) is 0 Å². The maximum absolute atomic E-state index is 12.2. The van der Waals surface area contributed by atoms with Crippen molar-refractivity contribution in [3.8, 4) is 0 Å². The van der Waals surface area contributed by atoms with E-state index in [1.54, 1.807) is 11.4 Å². The van der Waals surface area contributed by atoms with Gasteiger partial charge in [0.2, 0.25) is 0 Å². The van der Waals surface area contributed by atoms with Crippen LogP contribution in [0.5, 0.6) is 0 Å². The van der Waals surface area contributed by atoms with Gasteiger partial charge in [-0.25, -0.2) is 0 Å². The highest BCUT2D eigenvalue weighted by Gasteiger charge is 2.39. The van der Waals surface area contributed by atoms with E-state index in [0.717, 1.165) is 0 Å². The van der Waals surface area contributed by atoms with Crippen LogP contribution in [0.4, 0.5) is 18.9 Å². The number of aliphatic hydroxyl groups excluding tert-OH is 2. The summed E-state index contributed by atoms with van der Waals surface area (Å²) in [4.78, 5) is 10.9. The number of rotatable bonds is 1. The van der Waals surface area contributed by atoms with Crippen molar-refractivity contribution < 1.29 is 28.2 Å². The third-order valence-corrected chi connectivity index (χ3v) is 3.07. The van der Waals surface area contributed by atoms with E-state index in [1.165, 1.54) is 12.1 Å². The lowest BCUT2D eigenvalue weighted by atomic mass is 9.86. The molecule has 0 fully saturated rings. The summed E-state index contributed by atoms with van der Waals surface area (Å²) in [5.74, 6) is -2.05. The SMILES string of the molecule is O=C(Nc1cccc2c1C[C@@H](O)[C@H](O)C2)C(F)(F)F. The summed E-state index contributed by atoms with van der Waals surface area (Å²) in [5.41, 5.74) is 1.07. The van der Waals surface area contributed by atoms with Gasteiger partial charge in [-0.1, -0.05) is 12.1 Å². The number of carbonyl (C=O) groups is 1. The van der Waals surface area contributed by atoms with Crippen molar-refractivity contribution in [2.45, 2.75) is 31.2 Å². The number of amides is 1. The zero-order valence-electron chi connectivity index (χ0n) is 9.74. The predicted octanol–water partition coefficient (Wildman–Crippen LogP) is 1.01. The van der Waals surface area contributed by atoms with E-state index >= 15 is 0 Å². The molecule has 0 saturated heterocycles. The Morgan fingerprint density at radius 3 is 2.47 bits per heavy atom. The van der Waals surface area contributed by atoms with E-state index < -0.39 is 24.3 Å². The lowest BCUT2D eigenvalue weighted by molar-refractivity contribution is -0.167. The molecule has 0 aliphatic heterocycles. The van der Waals surface area contributed by atoms with E-state index in [9.17, 15) is 28.2 Å². The van der Waals surface area contributed by atoms with Gasteiger partial charge >= 0.3 is 12.1 Å². The van der Waals surface area contributed by atoms with Crippen LogP contribution in [0.3, 0.4) is 0 Å². The van der Waals surface area contributed by atoms with Gasteiger partial charge < -0.3 is 15.5 Å². The molecule has 1 aromatic carbocycles. The second-order valence-corrected chi connectivity index (χ2v) is 4.44. The first-order valence-corrected chi connectivity index (χ1v) is 5.64. The van der Waals surface area contributed by atoms with Gasteiger partial charge in [-0.2, -0.15) is 13.2 Å². The first-order chi connectivity index (χ1) is 8.79. The molecule has 19 heavy (non-hydrogen) atoms. The largest absolute Gasteiger partial charge is 0.471 e. The normalized spacial score (nSPS) is 22.8.